The van der Waals surface area contributed by atoms with Crippen molar-refractivity contribution >= 4 is 0 Å². The molecule has 52 heavy (non-hydrogen) atoms. The van der Waals surface area contributed by atoms with Crippen LogP contribution in [-0.2, 0) is 28.4 Å². The zero-order valence-electron chi connectivity index (χ0n) is 31.2. The molecule has 0 aromatic heterocycles. The first-order chi connectivity index (χ1) is 24.7. The molecule has 0 unspecified atom stereocenters. The van der Waals surface area contributed by atoms with Crippen molar-refractivity contribution in [3.05, 3.63) is 0 Å². The Kier molecular flexibility index (Phi) is 10.4. The van der Waals surface area contributed by atoms with Crippen molar-refractivity contribution in [3.8, 4) is 0 Å². The lowest BCUT2D eigenvalue weighted by Gasteiger charge is -2.61. The second kappa shape index (κ2) is 14.1. The Morgan fingerprint density at radius 2 is 1.37 bits per heavy atom. The normalized spacial score (nSPS) is 59.0. The van der Waals surface area contributed by atoms with Gasteiger partial charge in [0.2, 0.25) is 0 Å². The monoisotopic (exact) mass is 740 g/mol. The molecule has 0 amide bonds. The van der Waals surface area contributed by atoms with Crippen LogP contribution >= 0.6 is 0 Å². The molecule has 0 aromatic carbocycles. The number of hydrogen-bond acceptors (Lipinski definition) is 13. The quantitative estimate of drug-likeness (QED) is 0.194. The van der Waals surface area contributed by atoms with E-state index in [-0.39, 0.29) is 23.0 Å². The number of fused-ring (bicyclic) bond motifs is 7. The summed E-state index contributed by atoms with van der Waals surface area (Å²) in [5.74, 6) is 3.63. The highest BCUT2D eigenvalue weighted by atomic mass is 16.7. The molecule has 1 spiro atoms. The third-order valence-corrected chi connectivity index (χ3v) is 16.2. The van der Waals surface area contributed by atoms with E-state index in [1.807, 2.05) is 0 Å². The number of aliphatic hydroxyl groups is 7. The molecule has 298 valence electrons. The van der Waals surface area contributed by atoms with Gasteiger partial charge in [-0.2, -0.15) is 0 Å². The summed E-state index contributed by atoms with van der Waals surface area (Å²) in [6, 6.07) is 0. The van der Waals surface area contributed by atoms with Gasteiger partial charge in [0.25, 0.3) is 0 Å². The lowest BCUT2D eigenvalue weighted by molar-refractivity contribution is -0.364. The highest BCUT2D eigenvalue weighted by Gasteiger charge is 2.69. The van der Waals surface area contributed by atoms with Gasteiger partial charge >= 0.3 is 0 Å². The van der Waals surface area contributed by atoms with E-state index in [0.29, 0.717) is 41.4 Å². The third-order valence-electron chi connectivity index (χ3n) is 16.2. The summed E-state index contributed by atoms with van der Waals surface area (Å²) >= 11 is 0. The fraction of sp³-hybridized carbons (Fsp3) is 1.00. The Labute approximate surface area is 307 Å². The van der Waals surface area contributed by atoms with Crippen LogP contribution in [-0.4, -0.2) is 135 Å². The van der Waals surface area contributed by atoms with Crippen LogP contribution < -0.4 is 0 Å². The van der Waals surface area contributed by atoms with Crippen LogP contribution in [0.3, 0.4) is 0 Å². The van der Waals surface area contributed by atoms with Crippen molar-refractivity contribution in [1.29, 1.82) is 0 Å². The van der Waals surface area contributed by atoms with Gasteiger partial charge in [0.1, 0.15) is 48.8 Å². The molecule has 7 N–H and O–H groups in total. The van der Waals surface area contributed by atoms with Crippen molar-refractivity contribution < 1.29 is 64.2 Å². The molecule has 22 atom stereocenters. The van der Waals surface area contributed by atoms with E-state index in [1.54, 1.807) is 0 Å². The summed E-state index contributed by atoms with van der Waals surface area (Å²) in [7, 11) is 0. The molecule has 4 saturated heterocycles. The van der Waals surface area contributed by atoms with Gasteiger partial charge in [-0.3, -0.25) is 0 Å². The smallest absolute Gasteiger partial charge is 0.187 e. The van der Waals surface area contributed by atoms with Gasteiger partial charge in [-0.15, -0.1) is 0 Å². The summed E-state index contributed by atoms with van der Waals surface area (Å²) in [5.41, 5.74) is 0.468. The molecule has 0 radical (unpaired) electrons. The van der Waals surface area contributed by atoms with Gasteiger partial charge in [0, 0.05) is 12.3 Å². The summed E-state index contributed by atoms with van der Waals surface area (Å²) < 4.78 is 37.0. The highest BCUT2D eigenvalue weighted by molar-refractivity contribution is 5.15. The third kappa shape index (κ3) is 5.98. The van der Waals surface area contributed by atoms with Crippen molar-refractivity contribution in [2.75, 3.05) is 19.8 Å². The van der Waals surface area contributed by atoms with E-state index in [4.69, 9.17) is 28.4 Å². The average Bonchev–Trinajstić information content (AvgIpc) is 3.58. The zero-order chi connectivity index (χ0) is 36.9. The number of aliphatic hydroxyl groups excluding tert-OH is 7. The Bertz CT molecular complexity index is 1260. The van der Waals surface area contributed by atoms with E-state index in [2.05, 4.69) is 27.7 Å². The van der Waals surface area contributed by atoms with Crippen LogP contribution in [0.5, 0.6) is 0 Å². The van der Waals surface area contributed by atoms with Gasteiger partial charge in [0.15, 0.2) is 18.4 Å². The maximum atomic E-state index is 11.2. The standard InChI is InChI=1S/C39H64O13/c1-18-7-12-39(47-17-18)19(2)28-25(52-39)14-24-22-6-5-20-13-21(8-10-37(20,3)23(22)9-11-38(24,28)4)48-35-33(46)31(44)34(27(16-41)50-35)51-36-32(45)30(43)29(42)26(15-40)49-36/h18-36,40-46H,5-17H2,1-4H3/t18-,19+,20-,21-,22-,23+,24-,25+,26-,27-,28+,29-,30+,31-,32-,33-,34-,35-,36+,37-,38-,39-/m1/s1. The largest absolute Gasteiger partial charge is 0.394 e. The lowest BCUT2D eigenvalue weighted by atomic mass is 9.44. The Balaban J connectivity index is 0.892. The first-order valence-electron chi connectivity index (χ1n) is 20.3. The molecule has 4 heterocycles. The van der Waals surface area contributed by atoms with Crippen LogP contribution in [0.1, 0.15) is 91.9 Å². The van der Waals surface area contributed by atoms with Gasteiger partial charge in [-0.25, -0.2) is 0 Å². The zero-order valence-corrected chi connectivity index (χ0v) is 31.2. The number of rotatable bonds is 6. The Morgan fingerprint density at radius 1 is 0.673 bits per heavy atom. The van der Waals surface area contributed by atoms with Gasteiger partial charge in [0.05, 0.1) is 32.0 Å². The molecular weight excluding hydrogens is 676 g/mol. The molecule has 8 aliphatic rings. The van der Waals surface area contributed by atoms with Crippen molar-refractivity contribution in [3.63, 3.8) is 0 Å². The van der Waals surface area contributed by atoms with E-state index < -0.39 is 80.4 Å². The molecule has 4 aliphatic carbocycles. The molecule has 4 aliphatic heterocycles. The maximum Gasteiger partial charge on any atom is 0.187 e. The minimum absolute atomic E-state index is 0.188. The molecule has 0 aromatic rings. The SMILES string of the molecule is C[C@@H]1CC[C@@]2(OC1)O[C@H]1C[C@@H]3[C@@H]4CC[C@@H]5C[C@H](O[C@@H]6O[C@H](CO)[C@@H](O[C@@H]7O[C@H](CO)[C@@H](O)[C@H](O)[C@H]7O)[C@H](O)[C@H]6O)CC[C@@]5(C)[C@H]4CC[C@@]3(C)[C@H]1[C@@H]2C. The Morgan fingerprint density at radius 3 is 2.08 bits per heavy atom. The maximum absolute atomic E-state index is 11.2. The molecular formula is C39H64O13. The van der Waals surface area contributed by atoms with Crippen LogP contribution in [0.2, 0.25) is 0 Å². The van der Waals surface area contributed by atoms with Gasteiger partial charge in [-0.1, -0.05) is 27.7 Å². The van der Waals surface area contributed by atoms with Crippen LogP contribution in [0.15, 0.2) is 0 Å². The highest BCUT2D eigenvalue weighted by Crippen LogP contribution is 2.71. The van der Waals surface area contributed by atoms with E-state index in [1.165, 1.54) is 25.7 Å². The van der Waals surface area contributed by atoms with Crippen LogP contribution in [0.25, 0.3) is 0 Å². The molecule has 13 heteroatoms. The van der Waals surface area contributed by atoms with Gasteiger partial charge in [-0.05, 0) is 104 Å². The summed E-state index contributed by atoms with van der Waals surface area (Å²) in [4.78, 5) is 0. The molecule has 8 fully saturated rings. The fourth-order valence-corrected chi connectivity index (χ4v) is 13.2. The first kappa shape index (κ1) is 38.4. The summed E-state index contributed by atoms with van der Waals surface area (Å²) in [6.07, 6.45) is -3.66. The average molecular weight is 741 g/mol. The van der Waals surface area contributed by atoms with Crippen molar-refractivity contribution in [2.45, 2.75) is 171 Å². The second-order valence-corrected chi connectivity index (χ2v) is 18.7. The number of ether oxygens (including phenoxy) is 6. The summed E-state index contributed by atoms with van der Waals surface area (Å²) in [6.45, 7) is 9.33. The van der Waals surface area contributed by atoms with Crippen LogP contribution in [0.4, 0.5) is 0 Å². The molecule has 8 rings (SSSR count). The van der Waals surface area contributed by atoms with E-state index in [0.717, 1.165) is 45.1 Å². The minimum Gasteiger partial charge on any atom is -0.394 e. The molecule has 13 nitrogen and oxygen atoms in total. The van der Waals surface area contributed by atoms with E-state index in [9.17, 15) is 35.7 Å². The molecule has 0 bridgehead atoms. The summed E-state index contributed by atoms with van der Waals surface area (Å²) in [5, 5.41) is 72.8. The molecule has 4 saturated carbocycles. The second-order valence-electron chi connectivity index (χ2n) is 18.7. The Hall–Kier alpha value is -0.520. The van der Waals surface area contributed by atoms with E-state index >= 15 is 0 Å². The first-order valence-corrected chi connectivity index (χ1v) is 20.3. The van der Waals surface area contributed by atoms with Crippen molar-refractivity contribution in [1.82, 2.24) is 0 Å². The fourth-order valence-electron chi connectivity index (χ4n) is 13.2. The minimum atomic E-state index is -1.71. The predicted molar refractivity (Wildman–Crippen MR) is 183 cm³/mol. The topological polar surface area (TPSA) is 197 Å². The predicted octanol–water partition coefficient (Wildman–Crippen LogP) is 1.44. The van der Waals surface area contributed by atoms with Gasteiger partial charge < -0.3 is 64.2 Å². The lowest BCUT2D eigenvalue weighted by Crippen LogP contribution is -2.65. The number of hydrogen-bond donors (Lipinski definition) is 7. The van der Waals surface area contributed by atoms with Crippen LogP contribution in [0, 0.1) is 52.3 Å². The van der Waals surface area contributed by atoms with Crippen molar-refractivity contribution in [2.24, 2.45) is 52.3 Å².